The number of nitrogens with zero attached hydrogens (tertiary/aromatic N) is 5. The molecule has 10 heteroatoms. The van der Waals surface area contributed by atoms with Crippen molar-refractivity contribution in [3.05, 3.63) is 47.5 Å². The Hall–Kier alpha value is -4.13. The number of amides is 1. The lowest BCUT2D eigenvalue weighted by atomic mass is 10.1. The molecule has 0 fully saturated rings. The topological polar surface area (TPSA) is 119 Å². The minimum atomic E-state index is -0.664. The van der Waals surface area contributed by atoms with Crippen molar-refractivity contribution in [1.82, 2.24) is 14.8 Å². The van der Waals surface area contributed by atoms with Crippen LogP contribution in [0.25, 0.3) is 11.1 Å². The van der Waals surface area contributed by atoms with Gasteiger partial charge in [-0.3, -0.25) is 14.4 Å². The molecule has 1 atom stereocenters. The lowest BCUT2D eigenvalue weighted by molar-refractivity contribution is -0.120. The third-order valence-corrected chi connectivity index (χ3v) is 5.06. The second-order valence-electron chi connectivity index (χ2n) is 7.07. The Morgan fingerprint density at radius 2 is 2.06 bits per heavy atom. The van der Waals surface area contributed by atoms with Crippen LogP contribution in [-0.4, -0.2) is 34.3 Å². The highest BCUT2D eigenvalue weighted by molar-refractivity contribution is 5.98. The number of aromatic nitrogens is 3. The number of halogens is 1. The summed E-state index contributed by atoms with van der Waals surface area (Å²) in [5, 5.41) is 14.0. The number of likely N-dealkylation sites (N-methyl/N-ethyl adjacent to an activating group) is 1. The van der Waals surface area contributed by atoms with Gasteiger partial charge in [0.25, 0.3) is 5.91 Å². The van der Waals surface area contributed by atoms with Crippen molar-refractivity contribution in [2.24, 2.45) is 7.05 Å². The number of carbonyl (C=O) groups is 1. The van der Waals surface area contributed by atoms with Gasteiger partial charge in [-0.15, -0.1) is 0 Å². The van der Waals surface area contributed by atoms with E-state index in [1.54, 1.807) is 20.0 Å². The van der Waals surface area contributed by atoms with E-state index in [1.165, 1.54) is 41.0 Å². The maximum Gasteiger partial charge on any atom is 0.265 e. The highest BCUT2D eigenvalue weighted by Crippen LogP contribution is 2.38. The summed E-state index contributed by atoms with van der Waals surface area (Å²) in [6.45, 7) is 1.38. The number of hydrogen-bond donors (Lipinski definition) is 1. The van der Waals surface area contributed by atoms with E-state index in [0.717, 1.165) is 0 Å². The number of nitriles is 1. The summed E-state index contributed by atoms with van der Waals surface area (Å²) in [5.74, 6) is 0.0508. The number of pyridine rings is 1. The fraction of sp³-hybridized carbons (Fsp3) is 0.238. The molecule has 3 heterocycles. The van der Waals surface area contributed by atoms with Gasteiger partial charge in [0.2, 0.25) is 0 Å². The quantitative estimate of drug-likeness (QED) is 0.591. The standard InChI is InChI=1S/C21H19FN6O3/c1-11-14-7-13(22)4-5-16(14)30-10-18(29)27(2)21-19(15(8-23)28(3)26-21)12-6-17(31-11)20(24)25-9-12/h4-7,9,11H,10H2,1-3H3,(H2,24,25)/t11-/m0/s1. The Morgan fingerprint density at radius 1 is 1.29 bits per heavy atom. The molecular weight excluding hydrogens is 403 g/mol. The SMILES string of the molecule is C[C@@H]1Oc2cc(cnc2N)-c2c(nn(C)c2C#N)N(C)C(=O)COc2ccc(F)cc21. The molecule has 1 aliphatic rings. The zero-order chi connectivity index (χ0) is 22.3. The molecule has 0 spiro atoms. The first-order chi connectivity index (χ1) is 14.8. The minimum Gasteiger partial charge on any atom is -0.483 e. The van der Waals surface area contributed by atoms with Crippen LogP contribution in [0.4, 0.5) is 16.0 Å². The van der Waals surface area contributed by atoms with E-state index in [1.807, 2.05) is 0 Å². The van der Waals surface area contributed by atoms with E-state index in [4.69, 9.17) is 15.2 Å². The Balaban J connectivity index is 1.94. The molecule has 9 nitrogen and oxygen atoms in total. The Labute approximate surface area is 177 Å². The maximum atomic E-state index is 13.9. The summed E-state index contributed by atoms with van der Waals surface area (Å²) < 4.78 is 27.0. The molecule has 2 N–H and O–H groups in total. The normalized spacial score (nSPS) is 15.9. The average Bonchev–Trinajstić information content (AvgIpc) is 3.09. The number of benzene rings is 1. The predicted molar refractivity (Wildman–Crippen MR) is 110 cm³/mol. The van der Waals surface area contributed by atoms with Crippen LogP contribution in [0.15, 0.2) is 30.5 Å². The van der Waals surface area contributed by atoms with E-state index >= 15 is 0 Å². The van der Waals surface area contributed by atoms with Gasteiger partial charge < -0.3 is 15.2 Å². The molecule has 1 amide bonds. The number of nitrogens with two attached hydrogens (primary N) is 1. The zero-order valence-electron chi connectivity index (χ0n) is 17.1. The molecular formula is C21H19FN6O3. The van der Waals surface area contributed by atoms with Gasteiger partial charge in [0, 0.05) is 31.4 Å². The van der Waals surface area contributed by atoms with Crippen LogP contribution in [-0.2, 0) is 11.8 Å². The Morgan fingerprint density at radius 3 is 2.81 bits per heavy atom. The first-order valence-corrected chi connectivity index (χ1v) is 9.38. The van der Waals surface area contributed by atoms with Gasteiger partial charge >= 0.3 is 0 Å². The first kappa shape index (κ1) is 20.2. The van der Waals surface area contributed by atoms with E-state index in [0.29, 0.717) is 22.4 Å². The number of fused-ring (bicyclic) bond motifs is 5. The van der Waals surface area contributed by atoms with Gasteiger partial charge in [0.1, 0.15) is 29.4 Å². The number of anilines is 2. The van der Waals surface area contributed by atoms with Crippen LogP contribution in [0.1, 0.15) is 24.3 Å². The summed E-state index contributed by atoms with van der Waals surface area (Å²) in [7, 11) is 3.15. The molecule has 0 saturated heterocycles. The number of carbonyl (C=O) groups excluding carboxylic acids is 1. The molecule has 1 aromatic carbocycles. The summed E-state index contributed by atoms with van der Waals surface area (Å²) in [6.07, 6.45) is 0.818. The van der Waals surface area contributed by atoms with E-state index in [-0.39, 0.29) is 29.7 Å². The highest BCUT2D eigenvalue weighted by Gasteiger charge is 2.27. The fourth-order valence-electron chi connectivity index (χ4n) is 3.40. The smallest absolute Gasteiger partial charge is 0.265 e. The fourth-order valence-corrected chi connectivity index (χ4v) is 3.40. The van der Waals surface area contributed by atoms with Crippen LogP contribution in [0.2, 0.25) is 0 Å². The van der Waals surface area contributed by atoms with E-state index in [9.17, 15) is 14.4 Å². The highest BCUT2D eigenvalue weighted by atomic mass is 19.1. The van der Waals surface area contributed by atoms with Gasteiger partial charge in [-0.25, -0.2) is 9.37 Å². The number of rotatable bonds is 0. The van der Waals surface area contributed by atoms with Crippen LogP contribution in [0.3, 0.4) is 0 Å². The molecule has 0 saturated carbocycles. The van der Waals surface area contributed by atoms with Crippen molar-refractivity contribution in [2.45, 2.75) is 13.0 Å². The van der Waals surface area contributed by atoms with Crippen molar-refractivity contribution in [3.8, 4) is 28.7 Å². The van der Waals surface area contributed by atoms with Crippen molar-refractivity contribution < 1.29 is 18.7 Å². The van der Waals surface area contributed by atoms with E-state index < -0.39 is 17.8 Å². The predicted octanol–water partition coefficient (Wildman–Crippen LogP) is 2.57. The van der Waals surface area contributed by atoms with Gasteiger partial charge in [0.05, 0.1) is 5.56 Å². The largest absolute Gasteiger partial charge is 0.483 e. The number of nitrogen functional groups attached to an aromatic ring is 1. The maximum absolute atomic E-state index is 13.9. The van der Waals surface area contributed by atoms with Crippen molar-refractivity contribution in [2.75, 3.05) is 24.3 Å². The molecule has 0 aliphatic carbocycles. The van der Waals surface area contributed by atoms with Crippen molar-refractivity contribution in [3.63, 3.8) is 0 Å². The molecule has 0 radical (unpaired) electrons. The number of ether oxygens (including phenoxy) is 2. The second kappa shape index (κ2) is 7.60. The molecule has 2 bridgehead atoms. The monoisotopic (exact) mass is 422 g/mol. The molecule has 4 rings (SSSR count). The summed E-state index contributed by atoms with van der Waals surface area (Å²) >= 11 is 0. The third kappa shape index (κ3) is 3.50. The minimum absolute atomic E-state index is 0.123. The van der Waals surface area contributed by atoms with Gasteiger partial charge in [-0.05, 0) is 31.2 Å². The average molecular weight is 422 g/mol. The number of aryl methyl sites for hydroxylation is 1. The second-order valence-corrected chi connectivity index (χ2v) is 7.07. The molecule has 3 aromatic rings. The molecule has 2 aromatic heterocycles. The van der Waals surface area contributed by atoms with Crippen LogP contribution in [0, 0.1) is 17.1 Å². The van der Waals surface area contributed by atoms with E-state index in [2.05, 4.69) is 16.2 Å². The molecule has 1 aliphatic heterocycles. The summed E-state index contributed by atoms with van der Waals surface area (Å²) in [5.41, 5.74) is 7.57. The summed E-state index contributed by atoms with van der Waals surface area (Å²) in [6, 6.07) is 7.69. The Kier molecular flexibility index (Phi) is 4.94. The molecule has 0 unspecified atom stereocenters. The molecule has 31 heavy (non-hydrogen) atoms. The lowest BCUT2D eigenvalue weighted by Gasteiger charge is -2.20. The van der Waals surface area contributed by atoms with Crippen LogP contribution in [0.5, 0.6) is 11.5 Å². The molecule has 158 valence electrons. The van der Waals surface area contributed by atoms with Gasteiger partial charge in [-0.1, -0.05) is 0 Å². The number of hydrogen-bond acceptors (Lipinski definition) is 7. The van der Waals surface area contributed by atoms with Crippen LogP contribution < -0.4 is 20.1 Å². The zero-order valence-corrected chi connectivity index (χ0v) is 17.1. The van der Waals surface area contributed by atoms with Crippen LogP contribution >= 0.6 is 0 Å². The van der Waals surface area contributed by atoms with Gasteiger partial charge in [0.15, 0.2) is 24.0 Å². The van der Waals surface area contributed by atoms with Gasteiger partial charge in [-0.2, -0.15) is 10.4 Å². The van der Waals surface area contributed by atoms with Crippen molar-refractivity contribution >= 4 is 17.5 Å². The Bertz CT molecular complexity index is 1230. The first-order valence-electron chi connectivity index (χ1n) is 9.38. The lowest BCUT2D eigenvalue weighted by Crippen LogP contribution is -2.32. The third-order valence-electron chi connectivity index (χ3n) is 5.06. The summed E-state index contributed by atoms with van der Waals surface area (Å²) in [4.78, 5) is 18.3. The van der Waals surface area contributed by atoms with Crippen molar-refractivity contribution in [1.29, 1.82) is 5.26 Å².